The van der Waals surface area contributed by atoms with Gasteiger partial charge in [0.1, 0.15) is 0 Å². The normalized spacial score (nSPS) is 18.3. The number of ether oxygens (including phenoxy) is 1. The zero-order valence-electron chi connectivity index (χ0n) is 17.2. The van der Waals surface area contributed by atoms with Gasteiger partial charge in [0.25, 0.3) is 5.91 Å². The van der Waals surface area contributed by atoms with E-state index in [-0.39, 0.29) is 23.8 Å². The second-order valence-corrected chi connectivity index (χ2v) is 7.62. The first-order valence-corrected chi connectivity index (χ1v) is 10.2. The van der Waals surface area contributed by atoms with E-state index in [1.54, 1.807) is 60.4 Å². The molecule has 31 heavy (non-hydrogen) atoms. The fourth-order valence-corrected chi connectivity index (χ4v) is 4.03. The lowest BCUT2D eigenvalue weighted by atomic mass is 10.1. The lowest BCUT2D eigenvalue weighted by molar-refractivity contribution is -0.122. The Balaban J connectivity index is 1.51. The molecule has 8 heteroatoms. The molecular formula is C23H23N3O5. The minimum Gasteiger partial charge on any atom is -0.452 e. The van der Waals surface area contributed by atoms with E-state index in [0.717, 1.165) is 6.42 Å². The molecule has 1 fully saturated rings. The number of amides is 3. The van der Waals surface area contributed by atoms with Crippen molar-refractivity contribution in [3.8, 4) is 0 Å². The Labute approximate surface area is 179 Å². The predicted octanol–water partition coefficient (Wildman–Crippen LogP) is 2.73. The van der Waals surface area contributed by atoms with E-state index >= 15 is 0 Å². The van der Waals surface area contributed by atoms with Crippen molar-refractivity contribution >= 4 is 40.8 Å². The van der Waals surface area contributed by atoms with Crippen LogP contribution in [0.15, 0.2) is 48.5 Å². The number of esters is 1. The van der Waals surface area contributed by atoms with E-state index in [1.165, 1.54) is 4.90 Å². The number of rotatable bonds is 4. The lowest BCUT2D eigenvalue weighted by Gasteiger charge is -2.27. The van der Waals surface area contributed by atoms with E-state index in [2.05, 4.69) is 5.32 Å². The van der Waals surface area contributed by atoms with Gasteiger partial charge in [-0.1, -0.05) is 24.3 Å². The number of nitrogens with one attached hydrogen (secondary N) is 1. The molecule has 2 aromatic rings. The summed E-state index contributed by atoms with van der Waals surface area (Å²) in [7, 11) is 0. The SMILES string of the molecule is C[C@@H]1CC(=O)Nc2ccccc2N1C(=O)COC(=O)c1ccccc1N1CCCC1=O. The molecule has 0 aliphatic carbocycles. The van der Waals surface area contributed by atoms with Crippen molar-refractivity contribution < 1.29 is 23.9 Å². The van der Waals surface area contributed by atoms with Crippen LogP contribution in [0.4, 0.5) is 17.1 Å². The average Bonchev–Trinajstić information content (AvgIpc) is 3.13. The predicted molar refractivity (Wildman–Crippen MR) is 115 cm³/mol. The molecule has 0 radical (unpaired) electrons. The lowest BCUT2D eigenvalue weighted by Crippen LogP contribution is -2.41. The molecule has 2 heterocycles. The van der Waals surface area contributed by atoms with Crippen LogP contribution in [0.1, 0.15) is 36.5 Å². The monoisotopic (exact) mass is 421 g/mol. The molecule has 2 aromatic carbocycles. The Morgan fingerprint density at radius 2 is 1.77 bits per heavy atom. The summed E-state index contributed by atoms with van der Waals surface area (Å²) < 4.78 is 5.34. The van der Waals surface area contributed by atoms with Crippen LogP contribution in [-0.2, 0) is 19.1 Å². The van der Waals surface area contributed by atoms with E-state index in [0.29, 0.717) is 30.0 Å². The molecule has 1 N–H and O–H groups in total. The molecular weight excluding hydrogens is 398 g/mol. The molecule has 0 bridgehead atoms. The van der Waals surface area contributed by atoms with Crippen LogP contribution >= 0.6 is 0 Å². The largest absolute Gasteiger partial charge is 0.452 e. The summed E-state index contributed by atoms with van der Waals surface area (Å²) in [4.78, 5) is 53.0. The number of anilines is 3. The quantitative estimate of drug-likeness (QED) is 0.766. The molecule has 160 valence electrons. The molecule has 2 aliphatic rings. The zero-order chi connectivity index (χ0) is 22.0. The highest BCUT2D eigenvalue weighted by Crippen LogP contribution is 2.31. The van der Waals surface area contributed by atoms with Crippen molar-refractivity contribution in [2.45, 2.75) is 32.2 Å². The number of carbonyl (C=O) groups is 4. The van der Waals surface area contributed by atoms with Gasteiger partial charge in [-0.25, -0.2) is 4.79 Å². The average molecular weight is 421 g/mol. The minimum absolute atomic E-state index is 0.0384. The van der Waals surface area contributed by atoms with Crippen molar-refractivity contribution in [3.05, 3.63) is 54.1 Å². The van der Waals surface area contributed by atoms with Gasteiger partial charge < -0.3 is 19.9 Å². The molecule has 1 saturated heterocycles. The minimum atomic E-state index is -0.673. The van der Waals surface area contributed by atoms with Gasteiger partial charge >= 0.3 is 5.97 Å². The van der Waals surface area contributed by atoms with Gasteiger partial charge in [0.05, 0.1) is 22.6 Å². The van der Waals surface area contributed by atoms with Gasteiger partial charge in [0, 0.05) is 25.4 Å². The molecule has 4 rings (SSSR count). The van der Waals surface area contributed by atoms with Crippen LogP contribution in [0, 0.1) is 0 Å². The summed E-state index contributed by atoms with van der Waals surface area (Å²) in [6, 6.07) is 13.3. The van der Waals surface area contributed by atoms with Crippen LogP contribution in [0.25, 0.3) is 0 Å². The first-order valence-electron chi connectivity index (χ1n) is 10.2. The highest BCUT2D eigenvalue weighted by molar-refractivity contribution is 6.07. The van der Waals surface area contributed by atoms with Crippen LogP contribution < -0.4 is 15.1 Å². The van der Waals surface area contributed by atoms with E-state index < -0.39 is 24.5 Å². The van der Waals surface area contributed by atoms with Crippen molar-refractivity contribution in [3.63, 3.8) is 0 Å². The number of benzene rings is 2. The number of hydrogen-bond acceptors (Lipinski definition) is 5. The molecule has 1 atom stereocenters. The molecule has 0 aromatic heterocycles. The highest BCUT2D eigenvalue weighted by Gasteiger charge is 2.31. The number of para-hydroxylation sites is 3. The molecule has 0 unspecified atom stereocenters. The maximum absolute atomic E-state index is 13.0. The summed E-state index contributed by atoms with van der Waals surface area (Å²) in [5.41, 5.74) is 1.83. The topological polar surface area (TPSA) is 96.0 Å². The fraction of sp³-hybridized carbons (Fsp3) is 0.304. The van der Waals surface area contributed by atoms with Gasteiger partial charge in [0.15, 0.2) is 6.61 Å². The van der Waals surface area contributed by atoms with Crippen LogP contribution in [0.5, 0.6) is 0 Å². The van der Waals surface area contributed by atoms with Crippen LogP contribution in [0.3, 0.4) is 0 Å². The van der Waals surface area contributed by atoms with Gasteiger partial charge in [-0.3, -0.25) is 14.4 Å². The maximum Gasteiger partial charge on any atom is 0.340 e. The third-order valence-corrected chi connectivity index (χ3v) is 5.44. The van der Waals surface area contributed by atoms with E-state index in [4.69, 9.17) is 4.74 Å². The molecule has 0 spiro atoms. The van der Waals surface area contributed by atoms with E-state index in [9.17, 15) is 19.2 Å². The summed E-state index contributed by atoms with van der Waals surface area (Å²) in [5, 5.41) is 2.79. The third-order valence-electron chi connectivity index (χ3n) is 5.44. The summed E-state index contributed by atoms with van der Waals surface area (Å²) in [5.74, 6) is -1.33. The first kappa shape index (κ1) is 20.6. The number of nitrogens with zero attached hydrogens (tertiary/aromatic N) is 2. The van der Waals surface area contributed by atoms with Crippen molar-refractivity contribution in [1.29, 1.82) is 0 Å². The Morgan fingerprint density at radius 1 is 1.06 bits per heavy atom. The molecule has 2 aliphatic heterocycles. The molecule has 8 nitrogen and oxygen atoms in total. The Bertz CT molecular complexity index is 1050. The van der Waals surface area contributed by atoms with E-state index in [1.807, 2.05) is 0 Å². The maximum atomic E-state index is 13.0. The Morgan fingerprint density at radius 3 is 2.52 bits per heavy atom. The Kier molecular flexibility index (Phi) is 5.70. The van der Waals surface area contributed by atoms with Crippen molar-refractivity contribution in [2.75, 3.05) is 28.3 Å². The first-order chi connectivity index (χ1) is 15.0. The highest BCUT2D eigenvalue weighted by atomic mass is 16.5. The van der Waals surface area contributed by atoms with Gasteiger partial charge in [-0.2, -0.15) is 0 Å². The number of carbonyl (C=O) groups excluding carboxylic acids is 4. The summed E-state index contributed by atoms with van der Waals surface area (Å²) in [6.45, 7) is 1.84. The van der Waals surface area contributed by atoms with Gasteiger partial charge in [-0.05, 0) is 37.6 Å². The number of hydrogen-bond donors (Lipinski definition) is 1. The second kappa shape index (κ2) is 8.59. The van der Waals surface area contributed by atoms with Crippen molar-refractivity contribution in [2.24, 2.45) is 0 Å². The Hall–Kier alpha value is -3.68. The summed E-state index contributed by atoms with van der Waals surface area (Å²) in [6.07, 6.45) is 1.31. The number of fused-ring (bicyclic) bond motifs is 1. The summed E-state index contributed by atoms with van der Waals surface area (Å²) >= 11 is 0. The van der Waals surface area contributed by atoms with Gasteiger partial charge in [-0.15, -0.1) is 0 Å². The zero-order valence-corrected chi connectivity index (χ0v) is 17.2. The fourth-order valence-electron chi connectivity index (χ4n) is 4.03. The van der Waals surface area contributed by atoms with Crippen LogP contribution in [-0.4, -0.2) is 42.9 Å². The standard InChI is InChI=1S/C23H23N3O5/c1-15-13-20(27)24-17-8-3-5-10-19(17)26(15)22(29)14-31-23(30)16-7-2-4-9-18(16)25-12-6-11-21(25)28/h2-5,7-10,15H,6,11-14H2,1H3,(H,24,27)/t15-/m1/s1. The van der Waals surface area contributed by atoms with Crippen LogP contribution in [0.2, 0.25) is 0 Å². The van der Waals surface area contributed by atoms with Crippen molar-refractivity contribution in [1.82, 2.24) is 0 Å². The second-order valence-electron chi connectivity index (χ2n) is 7.62. The third kappa shape index (κ3) is 4.14. The molecule has 0 saturated carbocycles. The smallest absolute Gasteiger partial charge is 0.340 e. The van der Waals surface area contributed by atoms with Gasteiger partial charge in [0.2, 0.25) is 11.8 Å². The molecule has 3 amide bonds.